The highest BCUT2D eigenvalue weighted by Crippen LogP contribution is 2.36. The van der Waals surface area contributed by atoms with E-state index in [1.165, 1.54) is 12.0 Å². The Labute approximate surface area is 258 Å². The van der Waals surface area contributed by atoms with Crippen molar-refractivity contribution in [1.82, 2.24) is 14.7 Å². The van der Waals surface area contributed by atoms with Gasteiger partial charge < -0.3 is 14.2 Å². The van der Waals surface area contributed by atoms with Gasteiger partial charge in [-0.05, 0) is 56.8 Å². The minimum atomic E-state index is -1.21. The fourth-order valence-corrected chi connectivity index (χ4v) is 5.53. The predicted molar refractivity (Wildman–Crippen MR) is 161 cm³/mol. The van der Waals surface area contributed by atoms with Crippen LogP contribution in [0.15, 0.2) is 54.6 Å². The van der Waals surface area contributed by atoms with Crippen molar-refractivity contribution in [1.29, 1.82) is 0 Å². The SMILES string of the molecule is COC(=O)[C@@H]1CN(CCC(C)(C)C(C(=O)OCc2ccccc2)N2C(=O)c3ccccc3C2=O)CCN1C(=O)OC(C)(C)C. The lowest BCUT2D eigenvalue weighted by atomic mass is 9.79. The van der Waals surface area contributed by atoms with Crippen LogP contribution in [0.25, 0.3) is 0 Å². The van der Waals surface area contributed by atoms with Gasteiger partial charge in [-0.3, -0.25) is 24.3 Å². The second-order valence-electron chi connectivity index (χ2n) is 12.8. The summed E-state index contributed by atoms with van der Waals surface area (Å²) in [6.45, 7) is 10.2. The molecule has 44 heavy (non-hydrogen) atoms. The van der Waals surface area contributed by atoms with E-state index in [1.54, 1.807) is 45.0 Å². The van der Waals surface area contributed by atoms with Crippen LogP contribution in [0.2, 0.25) is 0 Å². The smallest absolute Gasteiger partial charge is 0.411 e. The van der Waals surface area contributed by atoms with Crippen LogP contribution in [0.4, 0.5) is 4.79 Å². The van der Waals surface area contributed by atoms with Gasteiger partial charge >= 0.3 is 18.0 Å². The summed E-state index contributed by atoms with van der Waals surface area (Å²) in [5.41, 5.74) is -0.393. The van der Waals surface area contributed by atoms with Crippen LogP contribution in [0.1, 0.15) is 67.3 Å². The Bertz CT molecular complexity index is 1370. The van der Waals surface area contributed by atoms with Crippen molar-refractivity contribution in [3.05, 3.63) is 71.3 Å². The molecule has 0 spiro atoms. The highest BCUT2D eigenvalue weighted by molar-refractivity contribution is 6.22. The number of ether oxygens (including phenoxy) is 3. The van der Waals surface area contributed by atoms with E-state index in [1.807, 2.05) is 49.1 Å². The van der Waals surface area contributed by atoms with Crippen LogP contribution in [-0.4, -0.2) is 95.5 Å². The lowest BCUT2D eigenvalue weighted by molar-refractivity contribution is -0.154. The van der Waals surface area contributed by atoms with Gasteiger partial charge in [-0.15, -0.1) is 0 Å². The average Bonchev–Trinajstić information content (AvgIpc) is 3.23. The molecule has 0 saturated carbocycles. The monoisotopic (exact) mass is 607 g/mol. The number of benzene rings is 2. The van der Waals surface area contributed by atoms with E-state index >= 15 is 0 Å². The number of piperazine rings is 1. The molecule has 0 aliphatic carbocycles. The van der Waals surface area contributed by atoms with Gasteiger partial charge in [-0.25, -0.2) is 14.4 Å². The van der Waals surface area contributed by atoms with E-state index in [-0.39, 0.29) is 30.8 Å². The highest BCUT2D eigenvalue weighted by atomic mass is 16.6. The van der Waals surface area contributed by atoms with Crippen molar-refractivity contribution >= 4 is 29.8 Å². The number of methoxy groups -OCH3 is 1. The number of hydrogen-bond acceptors (Lipinski definition) is 9. The third-order valence-corrected chi connectivity index (χ3v) is 7.91. The molecule has 1 saturated heterocycles. The summed E-state index contributed by atoms with van der Waals surface area (Å²) >= 11 is 0. The normalized spacial score (nSPS) is 18.1. The first-order valence-corrected chi connectivity index (χ1v) is 14.7. The van der Waals surface area contributed by atoms with E-state index in [0.717, 1.165) is 10.5 Å². The maximum Gasteiger partial charge on any atom is 0.411 e. The average molecular weight is 608 g/mol. The molecule has 11 heteroatoms. The number of carbonyl (C=O) groups is 5. The molecule has 4 rings (SSSR count). The molecule has 2 aliphatic heterocycles. The van der Waals surface area contributed by atoms with E-state index in [2.05, 4.69) is 0 Å². The lowest BCUT2D eigenvalue weighted by Gasteiger charge is -2.42. The minimum Gasteiger partial charge on any atom is -0.467 e. The summed E-state index contributed by atoms with van der Waals surface area (Å²) in [6, 6.07) is 13.6. The number of imide groups is 1. The molecule has 2 atom stereocenters. The topological polar surface area (TPSA) is 123 Å². The molecule has 2 heterocycles. The molecular formula is C33H41N3O8. The third-order valence-electron chi connectivity index (χ3n) is 7.91. The summed E-state index contributed by atoms with van der Waals surface area (Å²) < 4.78 is 16.2. The molecule has 2 aliphatic rings. The summed E-state index contributed by atoms with van der Waals surface area (Å²) in [4.78, 5) is 70.7. The third kappa shape index (κ3) is 7.27. The predicted octanol–water partition coefficient (Wildman–Crippen LogP) is 3.91. The lowest BCUT2D eigenvalue weighted by Crippen LogP contribution is -2.60. The Balaban J connectivity index is 1.53. The van der Waals surface area contributed by atoms with Gasteiger partial charge in [0.25, 0.3) is 11.8 Å². The quantitative estimate of drug-likeness (QED) is 0.237. The largest absolute Gasteiger partial charge is 0.467 e. The van der Waals surface area contributed by atoms with Crippen LogP contribution < -0.4 is 0 Å². The Hall–Kier alpha value is -4.25. The maximum absolute atomic E-state index is 13.8. The van der Waals surface area contributed by atoms with Crippen molar-refractivity contribution in [2.24, 2.45) is 5.41 Å². The molecule has 0 N–H and O–H groups in total. The molecular weight excluding hydrogens is 566 g/mol. The van der Waals surface area contributed by atoms with Crippen molar-refractivity contribution in [3.63, 3.8) is 0 Å². The molecule has 0 aromatic heterocycles. The van der Waals surface area contributed by atoms with Crippen molar-refractivity contribution in [3.8, 4) is 0 Å². The Morgan fingerprint density at radius 3 is 2.05 bits per heavy atom. The van der Waals surface area contributed by atoms with Crippen LogP contribution in [0.3, 0.4) is 0 Å². The van der Waals surface area contributed by atoms with Gasteiger partial charge in [-0.2, -0.15) is 0 Å². The second kappa shape index (κ2) is 13.2. The summed E-state index contributed by atoms with van der Waals surface area (Å²) in [6.07, 6.45) is -0.231. The first kappa shape index (κ1) is 32.7. The van der Waals surface area contributed by atoms with Gasteiger partial charge in [-0.1, -0.05) is 56.3 Å². The molecule has 2 aromatic carbocycles. The number of amides is 3. The minimum absolute atomic E-state index is 0.0111. The number of carbonyl (C=O) groups excluding carboxylic acids is 5. The number of esters is 2. The van der Waals surface area contributed by atoms with Gasteiger partial charge in [0, 0.05) is 19.6 Å². The van der Waals surface area contributed by atoms with Crippen LogP contribution in [0, 0.1) is 5.41 Å². The molecule has 0 radical (unpaired) electrons. The van der Waals surface area contributed by atoms with E-state index in [0.29, 0.717) is 19.5 Å². The van der Waals surface area contributed by atoms with E-state index < -0.39 is 52.9 Å². The molecule has 3 amide bonds. The van der Waals surface area contributed by atoms with Gasteiger partial charge in [0.15, 0.2) is 0 Å². The number of nitrogens with zero attached hydrogens (tertiary/aromatic N) is 3. The zero-order valence-corrected chi connectivity index (χ0v) is 26.2. The molecule has 236 valence electrons. The zero-order valence-electron chi connectivity index (χ0n) is 26.2. The number of fused-ring (bicyclic) bond motifs is 1. The fraction of sp³-hybridized carbons (Fsp3) is 0.485. The molecule has 2 aromatic rings. The van der Waals surface area contributed by atoms with Crippen molar-refractivity contribution in [2.75, 3.05) is 33.3 Å². The van der Waals surface area contributed by atoms with Crippen LogP contribution >= 0.6 is 0 Å². The fourth-order valence-electron chi connectivity index (χ4n) is 5.53. The molecule has 0 bridgehead atoms. The number of hydrogen-bond donors (Lipinski definition) is 0. The summed E-state index contributed by atoms with van der Waals surface area (Å²) in [5.74, 6) is -2.34. The number of rotatable bonds is 9. The van der Waals surface area contributed by atoms with Crippen molar-refractivity contribution < 1.29 is 38.2 Å². The second-order valence-corrected chi connectivity index (χ2v) is 12.8. The summed E-state index contributed by atoms with van der Waals surface area (Å²) in [5, 5.41) is 0. The Morgan fingerprint density at radius 1 is 0.886 bits per heavy atom. The maximum atomic E-state index is 13.8. The van der Waals surface area contributed by atoms with Gasteiger partial charge in [0.1, 0.15) is 24.3 Å². The van der Waals surface area contributed by atoms with E-state index in [9.17, 15) is 24.0 Å². The van der Waals surface area contributed by atoms with Crippen molar-refractivity contribution in [2.45, 2.75) is 65.3 Å². The first-order valence-electron chi connectivity index (χ1n) is 14.7. The molecule has 1 fully saturated rings. The summed E-state index contributed by atoms with van der Waals surface area (Å²) in [7, 11) is 1.27. The highest BCUT2D eigenvalue weighted by Gasteiger charge is 2.50. The van der Waals surface area contributed by atoms with Gasteiger partial charge in [0.2, 0.25) is 0 Å². The van der Waals surface area contributed by atoms with Crippen LogP contribution in [-0.2, 0) is 30.4 Å². The Morgan fingerprint density at radius 2 is 1.48 bits per heavy atom. The molecule has 11 nitrogen and oxygen atoms in total. The standard InChI is InChI=1S/C33H41N3O8/c1-32(2,3)44-31(41)35-19-18-34(20-25(35)29(39)42-6)17-16-33(4,5)26(30(40)43-21-22-12-8-7-9-13-22)36-27(37)23-14-10-11-15-24(23)28(36)38/h7-15,25-26H,16-21H2,1-6H3/t25-,26?/m0/s1. The van der Waals surface area contributed by atoms with E-state index in [4.69, 9.17) is 14.2 Å². The Kier molecular flexibility index (Phi) is 9.78. The van der Waals surface area contributed by atoms with Crippen LogP contribution in [0.5, 0.6) is 0 Å². The zero-order chi connectivity index (χ0) is 32.2. The first-order chi connectivity index (χ1) is 20.7. The van der Waals surface area contributed by atoms with Gasteiger partial charge in [0.05, 0.1) is 18.2 Å². The molecule has 1 unspecified atom stereocenters.